The Bertz CT molecular complexity index is 816. The summed E-state index contributed by atoms with van der Waals surface area (Å²) in [6.45, 7) is 3.59. The molecule has 0 aliphatic heterocycles. The fourth-order valence-electron chi connectivity index (χ4n) is 2.94. The van der Waals surface area contributed by atoms with Gasteiger partial charge >= 0.3 is 12.6 Å². The Hall–Kier alpha value is -2.90. The number of carbonyl (C=O) groups excluding carboxylic acids is 2. The van der Waals surface area contributed by atoms with Crippen LogP contribution in [-0.4, -0.2) is 36.2 Å². The van der Waals surface area contributed by atoms with Gasteiger partial charge in [-0.1, -0.05) is 12.1 Å². The predicted octanol–water partition coefficient (Wildman–Crippen LogP) is 3.24. The summed E-state index contributed by atoms with van der Waals surface area (Å²) in [7, 11) is 0. The maximum absolute atomic E-state index is 12.2. The average Bonchev–Trinajstić information content (AvgIpc) is 2.94. The molecule has 1 N–H and O–H groups in total. The Balaban J connectivity index is 1.75. The number of aryl methyl sites for hydroxylation is 1. The molecule has 2 aromatic rings. The molecular formula is C20H24F2N2O4. The first-order valence-corrected chi connectivity index (χ1v) is 8.96. The summed E-state index contributed by atoms with van der Waals surface area (Å²) in [5, 5.41) is 2.65. The van der Waals surface area contributed by atoms with Crippen molar-refractivity contribution in [2.45, 2.75) is 40.3 Å². The molecule has 1 aromatic carbocycles. The minimum atomic E-state index is -2.86. The lowest BCUT2D eigenvalue weighted by molar-refractivity contribution is -0.124. The van der Waals surface area contributed by atoms with Crippen LogP contribution >= 0.6 is 0 Å². The van der Waals surface area contributed by atoms with E-state index in [0.29, 0.717) is 18.5 Å². The van der Waals surface area contributed by atoms with Crippen molar-refractivity contribution in [3.63, 3.8) is 0 Å². The molecule has 6 nitrogen and oxygen atoms in total. The van der Waals surface area contributed by atoms with Gasteiger partial charge in [0.15, 0.2) is 6.61 Å². The first kappa shape index (κ1) is 21.4. The van der Waals surface area contributed by atoms with E-state index in [0.717, 1.165) is 23.5 Å². The fraction of sp³-hybridized carbons (Fsp3) is 0.400. The van der Waals surface area contributed by atoms with E-state index >= 15 is 0 Å². The summed E-state index contributed by atoms with van der Waals surface area (Å²) < 4.78 is 35.6. The number of hydrogen-bond donors (Lipinski definition) is 1. The van der Waals surface area contributed by atoms with E-state index in [1.54, 1.807) is 18.2 Å². The molecule has 0 unspecified atom stereocenters. The summed E-state index contributed by atoms with van der Waals surface area (Å²) in [5.41, 5.74) is 3.08. The van der Waals surface area contributed by atoms with E-state index < -0.39 is 18.5 Å². The SMILES string of the molecule is CCn1c(C)cc(C(=O)OCC(=O)NCCc2ccc(OC(F)F)cc2)c1C. The van der Waals surface area contributed by atoms with Crippen LogP contribution in [0.15, 0.2) is 30.3 Å². The van der Waals surface area contributed by atoms with Crippen molar-refractivity contribution in [2.75, 3.05) is 13.2 Å². The van der Waals surface area contributed by atoms with Crippen molar-refractivity contribution in [1.82, 2.24) is 9.88 Å². The van der Waals surface area contributed by atoms with Crippen molar-refractivity contribution in [3.05, 3.63) is 52.8 Å². The standard InChI is InChI=1S/C20H24F2N2O4/c1-4-24-13(2)11-17(14(24)3)19(26)27-12-18(25)23-10-9-15-5-7-16(8-6-15)28-20(21)22/h5-8,11,20H,4,9-10,12H2,1-3H3,(H,23,25). The molecule has 1 amide bonds. The highest BCUT2D eigenvalue weighted by atomic mass is 19.3. The molecule has 0 aliphatic carbocycles. The molecule has 0 saturated heterocycles. The third-order valence-electron chi connectivity index (χ3n) is 4.33. The van der Waals surface area contributed by atoms with Crippen LogP contribution < -0.4 is 10.1 Å². The van der Waals surface area contributed by atoms with E-state index in [-0.39, 0.29) is 12.4 Å². The minimum Gasteiger partial charge on any atom is -0.452 e. The minimum absolute atomic E-state index is 0.0807. The van der Waals surface area contributed by atoms with Crippen LogP contribution in [0.3, 0.4) is 0 Å². The highest BCUT2D eigenvalue weighted by Crippen LogP contribution is 2.16. The third kappa shape index (κ3) is 5.80. The second-order valence-electron chi connectivity index (χ2n) is 6.23. The molecule has 0 spiro atoms. The number of nitrogens with one attached hydrogen (secondary N) is 1. The van der Waals surface area contributed by atoms with Crippen LogP contribution in [0.5, 0.6) is 5.75 Å². The second-order valence-corrected chi connectivity index (χ2v) is 6.23. The molecule has 0 fully saturated rings. The number of alkyl halides is 2. The number of esters is 1. The maximum atomic E-state index is 12.2. The molecule has 0 atom stereocenters. The van der Waals surface area contributed by atoms with Crippen LogP contribution in [0, 0.1) is 13.8 Å². The highest BCUT2D eigenvalue weighted by Gasteiger charge is 2.17. The summed E-state index contributed by atoms with van der Waals surface area (Å²) in [6, 6.07) is 7.93. The molecule has 0 radical (unpaired) electrons. The van der Waals surface area contributed by atoms with E-state index in [9.17, 15) is 18.4 Å². The van der Waals surface area contributed by atoms with Crippen LogP contribution in [0.2, 0.25) is 0 Å². The first-order valence-electron chi connectivity index (χ1n) is 8.96. The molecule has 1 aromatic heterocycles. The van der Waals surface area contributed by atoms with Crippen molar-refractivity contribution < 1.29 is 27.8 Å². The molecule has 0 aliphatic rings. The maximum Gasteiger partial charge on any atom is 0.387 e. The van der Waals surface area contributed by atoms with Gasteiger partial charge in [-0.05, 0) is 51.0 Å². The van der Waals surface area contributed by atoms with Crippen LogP contribution in [-0.2, 0) is 22.5 Å². The molecular weight excluding hydrogens is 370 g/mol. The monoisotopic (exact) mass is 394 g/mol. The topological polar surface area (TPSA) is 69.6 Å². The number of aromatic nitrogens is 1. The molecule has 8 heteroatoms. The fourth-order valence-corrected chi connectivity index (χ4v) is 2.94. The lowest BCUT2D eigenvalue weighted by Gasteiger charge is -2.08. The van der Waals surface area contributed by atoms with Crippen LogP contribution in [0.1, 0.15) is 34.2 Å². The van der Waals surface area contributed by atoms with Crippen molar-refractivity contribution in [1.29, 1.82) is 0 Å². The molecule has 2 rings (SSSR count). The van der Waals surface area contributed by atoms with Gasteiger partial charge in [0.1, 0.15) is 5.75 Å². The van der Waals surface area contributed by atoms with E-state index in [4.69, 9.17) is 4.74 Å². The van der Waals surface area contributed by atoms with Gasteiger partial charge in [-0.25, -0.2) is 4.79 Å². The van der Waals surface area contributed by atoms with Crippen molar-refractivity contribution >= 4 is 11.9 Å². The predicted molar refractivity (Wildman–Crippen MR) is 99.7 cm³/mol. The normalized spacial score (nSPS) is 10.8. The Morgan fingerprint density at radius 1 is 1.18 bits per heavy atom. The van der Waals surface area contributed by atoms with Gasteiger partial charge in [0, 0.05) is 24.5 Å². The smallest absolute Gasteiger partial charge is 0.387 e. The van der Waals surface area contributed by atoms with Gasteiger partial charge in [0.2, 0.25) is 0 Å². The van der Waals surface area contributed by atoms with Gasteiger partial charge in [-0.2, -0.15) is 8.78 Å². The highest BCUT2D eigenvalue weighted by molar-refractivity contribution is 5.92. The number of carbonyl (C=O) groups is 2. The second kappa shape index (κ2) is 9.87. The summed E-state index contributed by atoms with van der Waals surface area (Å²) in [6.07, 6.45) is 0.506. The first-order chi connectivity index (χ1) is 13.3. The molecule has 152 valence electrons. The molecule has 0 saturated carbocycles. The molecule has 1 heterocycles. The van der Waals surface area contributed by atoms with Crippen molar-refractivity contribution in [3.8, 4) is 5.75 Å². The van der Waals surface area contributed by atoms with Crippen LogP contribution in [0.25, 0.3) is 0 Å². The number of ether oxygens (including phenoxy) is 2. The van der Waals surface area contributed by atoms with Crippen LogP contribution in [0.4, 0.5) is 8.78 Å². The quantitative estimate of drug-likeness (QED) is 0.663. The molecule has 0 bridgehead atoms. The van der Waals surface area contributed by atoms with Gasteiger partial charge in [-0.15, -0.1) is 0 Å². The molecule has 28 heavy (non-hydrogen) atoms. The van der Waals surface area contributed by atoms with Gasteiger partial charge < -0.3 is 19.4 Å². The summed E-state index contributed by atoms with van der Waals surface area (Å²) in [4.78, 5) is 24.0. The number of nitrogens with zero attached hydrogens (tertiary/aromatic N) is 1. The Labute approximate surface area is 162 Å². The Morgan fingerprint density at radius 2 is 1.86 bits per heavy atom. The zero-order valence-electron chi connectivity index (χ0n) is 16.1. The van der Waals surface area contributed by atoms with Gasteiger partial charge in [0.05, 0.1) is 5.56 Å². The van der Waals surface area contributed by atoms with Gasteiger partial charge in [-0.3, -0.25) is 4.79 Å². The average molecular weight is 394 g/mol. The lowest BCUT2D eigenvalue weighted by atomic mass is 10.1. The van der Waals surface area contributed by atoms with Gasteiger partial charge in [0.25, 0.3) is 5.91 Å². The largest absolute Gasteiger partial charge is 0.452 e. The zero-order valence-corrected chi connectivity index (χ0v) is 16.1. The number of hydrogen-bond acceptors (Lipinski definition) is 4. The number of rotatable bonds is 9. The van der Waals surface area contributed by atoms with Crippen molar-refractivity contribution in [2.24, 2.45) is 0 Å². The Kier molecular flexibility index (Phi) is 7.54. The number of amides is 1. The lowest BCUT2D eigenvalue weighted by Crippen LogP contribution is -2.30. The number of halogens is 2. The Morgan fingerprint density at radius 3 is 2.43 bits per heavy atom. The van der Waals surface area contributed by atoms with E-state index in [2.05, 4.69) is 10.1 Å². The summed E-state index contributed by atoms with van der Waals surface area (Å²) in [5.74, 6) is -0.856. The number of benzene rings is 1. The summed E-state index contributed by atoms with van der Waals surface area (Å²) >= 11 is 0. The third-order valence-corrected chi connectivity index (χ3v) is 4.33. The van der Waals surface area contributed by atoms with E-state index in [1.807, 2.05) is 25.3 Å². The zero-order chi connectivity index (χ0) is 20.7. The van der Waals surface area contributed by atoms with E-state index in [1.165, 1.54) is 12.1 Å².